The van der Waals surface area contributed by atoms with Crippen LogP contribution < -0.4 is 10.1 Å². The monoisotopic (exact) mass is 281 g/mol. The lowest BCUT2D eigenvalue weighted by atomic mass is 10.1. The van der Waals surface area contributed by atoms with Crippen molar-refractivity contribution < 1.29 is 13.9 Å². The van der Waals surface area contributed by atoms with Crippen LogP contribution in [0.15, 0.2) is 18.2 Å². The molecule has 0 radical (unpaired) electrons. The highest BCUT2D eigenvalue weighted by atomic mass is 19.1. The molecular formula is C16H24FNO2. The molecule has 1 aromatic carbocycles. The molecule has 1 fully saturated rings. The predicted octanol–water partition coefficient (Wildman–Crippen LogP) is 3.30. The fourth-order valence-corrected chi connectivity index (χ4v) is 2.24. The van der Waals surface area contributed by atoms with Gasteiger partial charge in [0.05, 0.1) is 7.11 Å². The average molecular weight is 281 g/mol. The number of hydrogen-bond acceptors (Lipinski definition) is 3. The van der Waals surface area contributed by atoms with Crippen LogP contribution in [0.3, 0.4) is 0 Å². The lowest BCUT2D eigenvalue weighted by molar-refractivity contribution is 0.121. The van der Waals surface area contributed by atoms with E-state index in [1.54, 1.807) is 19.2 Å². The highest BCUT2D eigenvalue weighted by Crippen LogP contribution is 2.29. The van der Waals surface area contributed by atoms with Crippen LogP contribution in [0.5, 0.6) is 5.75 Å². The molecule has 1 saturated carbocycles. The summed E-state index contributed by atoms with van der Waals surface area (Å²) in [6.45, 7) is 4.43. The normalized spacial score (nSPS) is 16.1. The van der Waals surface area contributed by atoms with Gasteiger partial charge in [0, 0.05) is 24.8 Å². The first-order valence-electron chi connectivity index (χ1n) is 7.36. The van der Waals surface area contributed by atoms with Gasteiger partial charge in [-0.25, -0.2) is 4.39 Å². The van der Waals surface area contributed by atoms with Gasteiger partial charge in [-0.2, -0.15) is 0 Å². The molecule has 3 nitrogen and oxygen atoms in total. The second-order valence-electron chi connectivity index (χ2n) is 5.40. The number of benzene rings is 1. The van der Waals surface area contributed by atoms with Gasteiger partial charge in [0.25, 0.3) is 0 Å². The van der Waals surface area contributed by atoms with Crippen LogP contribution in [0, 0.1) is 11.7 Å². The Kier molecular flexibility index (Phi) is 5.80. The maximum absolute atomic E-state index is 13.9. The van der Waals surface area contributed by atoms with E-state index in [0.717, 1.165) is 32.1 Å². The van der Waals surface area contributed by atoms with Crippen molar-refractivity contribution in [2.45, 2.75) is 32.2 Å². The third kappa shape index (κ3) is 4.46. The van der Waals surface area contributed by atoms with E-state index in [1.807, 2.05) is 6.92 Å². The largest absolute Gasteiger partial charge is 0.496 e. The van der Waals surface area contributed by atoms with Gasteiger partial charge in [-0.05, 0) is 50.8 Å². The minimum absolute atomic E-state index is 0.0745. The van der Waals surface area contributed by atoms with Gasteiger partial charge in [0.1, 0.15) is 11.6 Å². The molecule has 0 spiro atoms. The molecular weight excluding hydrogens is 257 g/mol. The predicted molar refractivity (Wildman–Crippen MR) is 77.5 cm³/mol. The van der Waals surface area contributed by atoms with Crippen LogP contribution in [0.1, 0.15) is 37.8 Å². The highest BCUT2D eigenvalue weighted by Gasteiger charge is 2.21. The molecule has 4 heteroatoms. The molecule has 20 heavy (non-hydrogen) atoms. The van der Waals surface area contributed by atoms with Crippen LogP contribution in [-0.4, -0.2) is 26.9 Å². The summed E-state index contributed by atoms with van der Waals surface area (Å²) in [6.07, 6.45) is 3.58. The Morgan fingerprint density at radius 3 is 2.90 bits per heavy atom. The fourth-order valence-electron chi connectivity index (χ4n) is 2.24. The van der Waals surface area contributed by atoms with Crippen molar-refractivity contribution in [2.75, 3.05) is 26.9 Å². The van der Waals surface area contributed by atoms with Crippen molar-refractivity contribution in [1.82, 2.24) is 5.32 Å². The van der Waals surface area contributed by atoms with Gasteiger partial charge < -0.3 is 14.8 Å². The third-order valence-electron chi connectivity index (χ3n) is 3.63. The Morgan fingerprint density at radius 1 is 1.40 bits per heavy atom. The van der Waals surface area contributed by atoms with Crippen molar-refractivity contribution >= 4 is 0 Å². The molecule has 1 unspecified atom stereocenters. The summed E-state index contributed by atoms with van der Waals surface area (Å²) in [7, 11) is 1.57. The second-order valence-corrected chi connectivity index (χ2v) is 5.40. The number of halogens is 1. The van der Waals surface area contributed by atoms with Gasteiger partial charge in [0.2, 0.25) is 0 Å². The van der Waals surface area contributed by atoms with Gasteiger partial charge in [0.15, 0.2) is 0 Å². The summed E-state index contributed by atoms with van der Waals surface area (Å²) in [5.41, 5.74) is 0.592. The summed E-state index contributed by atoms with van der Waals surface area (Å²) in [4.78, 5) is 0. The standard InChI is InChI=1S/C16H24FNO2/c1-12(16-14(17)5-3-6-15(16)19-2)18-9-4-10-20-11-13-7-8-13/h3,5-6,12-13,18H,4,7-11H2,1-2H3. The van der Waals surface area contributed by atoms with E-state index in [0.29, 0.717) is 11.3 Å². The van der Waals surface area contributed by atoms with Crippen LogP contribution in [0.2, 0.25) is 0 Å². The smallest absolute Gasteiger partial charge is 0.131 e. The zero-order chi connectivity index (χ0) is 14.4. The van der Waals surface area contributed by atoms with E-state index in [4.69, 9.17) is 9.47 Å². The molecule has 0 amide bonds. The van der Waals surface area contributed by atoms with E-state index in [1.165, 1.54) is 18.9 Å². The van der Waals surface area contributed by atoms with Gasteiger partial charge in [-0.1, -0.05) is 6.07 Å². The quantitative estimate of drug-likeness (QED) is 0.704. The fraction of sp³-hybridized carbons (Fsp3) is 0.625. The molecule has 112 valence electrons. The number of methoxy groups -OCH3 is 1. The van der Waals surface area contributed by atoms with E-state index in [2.05, 4.69) is 5.32 Å². The minimum Gasteiger partial charge on any atom is -0.496 e. The average Bonchev–Trinajstić information content (AvgIpc) is 3.26. The van der Waals surface area contributed by atoms with Crippen molar-refractivity contribution in [3.8, 4) is 5.75 Å². The van der Waals surface area contributed by atoms with Crippen LogP contribution in [-0.2, 0) is 4.74 Å². The summed E-state index contributed by atoms with van der Waals surface area (Å²) >= 11 is 0. The first-order valence-corrected chi connectivity index (χ1v) is 7.36. The summed E-state index contributed by atoms with van der Waals surface area (Å²) in [5, 5.41) is 3.32. The van der Waals surface area contributed by atoms with Crippen LogP contribution >= 0.6 is 0 Å². The molecule has 0 aromatic heterocycles. The Labute approximate surface area is 120 Å². The summed E-state index contributed by atoms with van der Waals surface area (Å²) < 4.78 is 24.7. The summed E-state index contributed by atoms with van der Waals surface area (Å²) in [6, 6.07) is 4.84. The zero-order valence-electron chi connectivity index (χ0n) is 12.3. The molecule has 0 saturated heterocycles. The van der Waals surface area contributed by atoms with E-state index in [-0.39, 0.29) is 11.9 Å². The lowest BCUT2D eigenvalue weighted by Crippen LogP contribution is -2.22. The second kappa shape index (κ2) is 7.60. The summed E-state index contributed by atoms with van der Waals surface area (Å²) in [5.74, 6) is 1.17. The SMILES string of the molecule is COc1cccc(F)c1C(C)NCCCOCC1CC1. The van der Waals surface area contributed by atoms with E-state index >= 15 is 0 Å². The number of rotatable bonds is 9. The van der Waals surface area contributed by atoms with Gasteiger partial charge >= 0.3 is 0 Å². The zero-order valence-corrected chi connectivity index (χ0v) is 12.3. The number of hydrogen-bond donors (Lipinski definition) is 1. The van der Waals surface area contributed by atoms with Crippen LogP contribution in [0.4, 0.5) is 4.39 Å². The maximum atomic E-state index is 13.9. The number of nitrogens with one attached hydrogen (secondary N) is 1. The molecule has 1 aliphatic rings. The lowest BCUT2D eigenvalue weighted by Gasteiger charge is -2.18. The van der Waals surface area contributed by atoms with Gasteiger partial charge in [-0.3, -0.25) is 0 Å². The maximum Gasteiger partial charge on any atom is 0.131 e. The Hall–Kier alpha value is -1.13. The van der Waals surface area contributed by atoms with Crippen molar-refractivity contribution in [1.29, 1.82) is 0 Å². The first-order chi connectivity index (χ1) is 9.72. The van der Waals surface area contributed by atoms with E-state index in [9.17, 15) is 4.39 Å². The highest BCUT2D eigenvalue weighted by molar-refractivity contribution is 5.36. The Balaban J connectivity index is 1.71. The molecule has 0 aliphatic heterocycles. The molecule has 0 heterocycles. The Morgan fingerprint density at radius 2 is 2.20 bits per heavy atom. The first kappa shape index (κ1) is 15.3. The minimum atomic E-state index is -0.227. The van der Waals surface area contributed by atoms with Crippen molar-refractivity contribution in [2.24, 2.45) is 5.92 Å². The molecule has 1 N–H and O–H groups in total. The molecule has 2 rings (SSSR count). The third-order valence-corrected chi connectivity index (χ3v) is 3.63. The van der Waals surface area contributed by atoms with Crippen LogP contribution in [0.25, 0.3) is 0 Å². The molecule has 0 bridgehead atoms. The topological polar surface area (TPSA) is 30.5 Å². The number of ether oxygens (including phenoxy) is 2. The molecule has 1 aliphatic carbocycles. The molecule has 1 atom stereocenters. The van der Waals surface area contributed by atoms with Crippen molar-refractivity contribution in [3.05, 3.63) is 29.6 Å². The van der Waals surface area contributed by atoms with Crippen molar-refractivity contribution in [3.63, 3.8) is 0 Å². The molecule has 1 aromatic rings. The van der Waals surface area contributed by atoms with E-state index < -0.39 is 0 Å². The Bertz CT molecular complexity index is 421. The van der Waals surface area contributed by atoms with Gasteiger partial charge in [-0.15, -0.1) is 0 Å².